The molecule has 0 spiro atoms. The highest BCUT2D eigenvalue weighted by molar-refractivity contribution is 5.79. The lowest BCUT2D eigenvalue weighted by Crippen LogP contribution is -2.38. The molecule has 2 N–H and O–H groups in total. The molecule has 0 bridgehead atoms. The summed E-state index contributed by atoms with van der Waals surface area (Å²) in [4.78, 5) is 7.34. The number of methoxy groups -OCH3 is 2. The van der Waals surface area contributed by atoms with Crippen LogP contribution in [0, 0.1) is 0 Å². The molecule has 6 nitrogen and oxygen atoms in total. The summed E-state index contributed by atoms with van der Waals surface area (Å²) in [6.45, 7) is 8.54. The Hall–Kier alpha value is -1.95. The zero-order chi connectivity index (χ0) is 20.7. The molecule has 1 aromatic carbocycles. The molecule has 0 unspecified atom stereocenters. The van der Waals surface area contributed by atoms with E-state index in [0.29, 0.717) is 0 Å². The molecule has 6 heteroatoms. The van der Waals surface area contributed by atoms with Gasteiger partial charge in [0.25, 0.3) is 0 Å². The highest BCUT2D eigenvalue weighted by Gasteiger charge is 2.08. The molecule has 0 atom stereocenters. The monoisotopic (exact) mass is 404 g/mol. The Morgan fingerprint density at radius 3 is 2.52 bits per heavy atom. The normalized spacial score (nSPS) is 15.2. The average Bonchev–Trinajstić information content (AvgIpc) is 2.76. The molecule has 1 heterocycles. The van der Waals surface area contributed by atoms with Crippen LogP contribution in [0.2, 0.25) is 0 Å². The van der Waals surface area contributed by atoms with Gasteiger partial charge in [0.1, 0.15) is 0 Å². The van der Waals surface area contributed by atoms with Gasteiger partial charge in [-0.1, -0.05) is 18.9 Å². The first-order valence-electron chi connectivity index (χ1n) is 11.2. The lowest BCUT2D eigenvalue weighted by molar-refractivity contribution is 0.224. The smallest absolute Gasteiger partial charge is 0.191 e. The fourth-order valence-electron chi connectivity index (χ4n) is 3.70. The van der Waals surface area contributed by atoms with E-state index in [9.17, 15) is 0 Å². The van der Waals surface area contributed by atoms with Crippen LogP contribution in [0.4, 0.5) is 0 Å². The predicted octanol–water partition coefficient (Wildman–Crippen LogP) is 3.46. The van der Waals surface area contributed by atoms with Crippen LogP contribution in [0.3, 0.4) is 0 Å². The van der Waals surface area contributed by atoms with Crippen molar-refractivity contribution in [2.45, 2.75) is 51.9 Å². The van der Waals surface area contributed by atoms with E-state index in [-0.39, 0.29) is 0 Å². The van der Waals surface area contributed by atoms with Crippen molar-refractivity contribution < 1.29 is 9.47 Å². The first-order chi connectivity index (χ1) is 14.3. The van der Waals surface area contributed by atoms with Crippen LogP contribution in [0.5, 0.6) is 11.5 Å². The lowest BCUT2D eigenvalue weighted by atomic mass is 10.1. The number of guanidine groups is 1. The average molecular weight is 405 g/mol. The van der Waals surface area contributed by atoms with Crippen LogP contribution in [0.15, 0.2) is 23.2 Å². The number of nitrogens with zero attached hydrogens (tertiary/aromatic N) is 2. The number of benzene rings is 1. The third kappa shape index (κ3) is 8.94. The van der Waals surface area contributed by atoms with Gasteiger partial charge in [-0.15, -0.1) is 0 Å². The standard InChI is InChI=1S/C23H40N4O2/c1-4-24-23(25-14-7-5-8-16-27-17-9-6-10-18-27)26-15-13-20-11-12-21(28-2)22(19-20)29-3/h11-12,19H,4-10,13-18H2,1-3H3,(H2,24,25,26). The second kappa shape index (κ2) is 14.1. The van der Waals surface area contributed by atoms with Crippen molar-refractivity contribution in [1.29, 1.82) is 0 Å². The van der Waals surface area contributed by atoms with Crippen molar-refractivity contribution in [1.82, 2.24) is 15.5 Å². The molecule has 0 saturated carbocycles. The summed E-state index contributed by atoms with van der Waals surface area (Å²) >= 11 is 0. The predicted molar refractivity (Wildman–Crippen MR) is 121 cm³/mol. The van der Waals surface area contributed by atoms with Crippen molar-refractivity contribution in [3.05, 3.63) is 23.8 Å². The number of nitrogens with one attached hydrogen (secondary N) is 2. The van der Waals surface area contributed by atoms with Gasteiger partial charge in [0, 0.05) is 19.6 Å². The van der Waals surface area contributed by atoms with Crippen LogP contribution < -0.4 is 20.1 Å². The maximum absolute atomic E-state index is 5.38. The van der Waals surface area contributed by atoms with Gasteiger partial charge in [0.05, 0.1) is 14.2 Å². The second-order valence-electron chi connectivity index (χ2n) is 7.59. The summed E-state index contributed by atoms with van der Waals surface area (Å²) in [5.41, 5.74) is 1.21. The van der Waals surface area contributed by atoms with E-state index in [2.05, 4.69) is 28.5 Å². The molecule has 164 valence electrons. The van der Waals surface area contributed by atoms with Crippen LogP contribution in [0.1, 0.15) is 51.0 Å². The number of unbranched alkanes of at least 4 members (excludes halogenated alkanes) is 2. The minimum atomic E-state index is 0.763. The lowest BCUT2D eigenvalue weighted by Gasteiger charge is -2.26. The van der Waals surface area contributed by atoms with Crippen LogP contribution in [0.25, 0.3) is 0 Å². The molecule has 29 heavy (non-hydrogen) atoms. The van der Waals surface area contributed by atoms with Gasteiger partial charge in [0.2, 0.25) is 0 Å². The van der Waals surface area contributed by atoms with Crippen molar-refractivity contribution in [3.8, 4) is 11.5 Å². The second-order valence-corrected chi connectivity index (χ2v) is 7.59. The summed E-state index contributed by atoms with van der Waals surface area (Å²) in [7, 11) is 3.33. The third-order valence-corrected chi connectivity index (χ3v) is 5.35. The van der Waals surface area contributed by atoms with Crippen LogP contribution >= 0.6 is 0 Å². The Kier molecular flexibility index (Phi) is 11.3. The minimum absolute atomic E-state index is 0.763. The first kappa shape index (κ1) is 23.3. The molecule has 0 aliphatic carbocycles. The Morgan fingerprint density at radius 1 is 1.00 bits per heavy atom. The molecule has 0 amide bonds. The number of likely N-dealkylation sites (tertiary alicyclic amines) is 1. The maximum atomic E-state index is 5.38. The number of ether oxygens (including phenoxy) is 2. The molecule has 1 aliphatic heterocycles. The van der Waals surface area contributed by atoms with Crippen molar-refractivity contribution in [2.75, 3.05) is 53.5 Å². The quantitative estimate of drug-likeness (QED) is 0.317. The Morgan fingerprint density at radius 2 is 1.79 bits per heavy atom. The molecule has 2 rings (SSSR count). The van der Waals surface area contributed by atoms with Gasteiger partial charge < -0.3 is 25.0 Å². The van der Waals surface area contributed by atoms with Gasteiger partial charge in [0.15, 0.2) is 17.5 Å². The van der Waals surface area contributed by atoms with Gasteiger partial charge in [-0.2, -0.15) is 0 Å². The topological polar surface area (TPSA) is 58.1 Å². The van der Waals surface area contributed by atoms with E-state index in [0.717, 1.165) is 49.9 Å². The van der Waals surface area contributed by atoms with Crippen molar-refractivity contribution >= 4 is 5.96 Å². The van der Waals surface area contributed by atoms with E-state index in [4.69, 9.17) is 14.5 Å². The molecule has 0 aromatic heterocycles. The van der Waals surface area contributed by atoms with E-state index in [1.807, 2.05) is 12.1 Å². The van der Waals surface area contributed by atoms with Gasteiger partial charge in [-0.25, -0.2) is 0 Å². The highest BCUT2D eigenvalue weighted by Crippen LogP contribution is 2.27. The highest BCUT2D eigenvalue weighted by atomic mass is 16.5. The molecule has 1 saturated heterocycles. The molecule has 0 radical (unpaired) electrons. The van der Waals surface area contributed by atoms with E-state index < -0.39 is 0 Å². The zero-order valence-corrected chi connectivity index (χ0v) is 18.6. The van der Waals surface area contributed by atoms with E-state index in [1.54, 1.807) is 14.2 Å². The summed E-state index contributed by atoms with van der Waals surface area (Å²) < 4.78 is 10.7. The summed E-state index contributed by atoms with van der Waals surface area (Å²) in [5.74, 6) is 2.44. The fourth-order valence-corrected chi connectivity index (χ4v) is 3.70. The minimum Gasteiger partial charge on any atom is -0.493 e. The van der Waals surface area contributed by atoms with Gasteiger partial charge in [-0.05, 0) is 76.4 Å². The van der Waals surface area contributed by atoms with Crippen LogP contribution in [-0.2, 0) is 6.42 Å². The van der Waals surface area contributed by atoms with Gasteiger partial charge >= 0.3 is 0 Å². The summed E-state index contributed by atoms with van der Waals surface area (Å²) in [5, 5.41) is 6.77. The summed E-state index contributed by atoms with van der Waals surface area (Å²) in [6.07, 6.45) is 8.78. The molecule has 1 aromatic rings. The fraction of sp³-hybridized carbons (Fsp3) is 0.696. The Bertz CT molecular complexity index is 601. The van der Waals surface area contributed by atoms with E-state index in [1.165, 1.54) is 57.3 Å². The number of hydrogen-bond donors (Lipinski definition) is 2. The third-order valence-electron chi connectivity index (χ3n) is 5.35. The first-order valence-corrected chi connectivity index (χ1v) is 11.2. The SMILES string of the molecule is CCNC(=NCCCCCN1CCCCC1)NCCc1ccc(OC)c(OC)c1. The molecule has 1 fully saturated rings. The maximum Gasteiger partial charge on any atom is 0.191 e. The molecular weight excluding hydrogens is 364 g/mol. The molecular formula is C23H40N4O2. The zero-order valence-electron chi connectivity index (χ0n) is 18.6. The van der Waals surface area contributed by atoms with Gasteiger partial charge in [-0.3, -0.25) is 4.99 Å². The van der Waals surface area contributed by atoms with Crippen molar-refractivity contribution in [2.24, 2.45) is 4.99 Å². The molecule has 1 aliphatic rings. The number of piperidine rings is 1. The number of aliphatic imine (C=N–C) groups is 1. The van der Waals surface area contributed by atoms with Crippen molar-refractivity contribution in [3.63, 3.8) is 0 Å². The Balaban J connectivity index is 1.66. The summed E-state index contributed by atoms with van der Waals surface area (Å²) in [6, 6.07) is 6.07. The number of hydrogen-bond acceptors (Lipinski definition) is 4. The number of rotatable bonds is 12. The largest absolute Gasteiger partial charge is 0.493 e. The van der Waals surface area contributed by atoms with E-state index >= 15 is 0 Å². The van der Waals surface area contributed by atoms with Crippen LogP contribution in [-0.4, -0.2) is 64.3 Å². The Labute approximate surface area is 177 Å².